The minimum Gasteiger partial charge on any atom is -0.348 e. The minimum atomic E-state index is -0.216. The number of carbonyl (C=O) groups excluding carboxylic acids is 2. The summed E-state index contributed by atoms with van der Waals surface area (Å²) in [4.78, 5) is 26.9. The van der Waals surface area contributed by atoms with E-state index < -0.39 is 0 Å². The van der Waals surface area contributed by atoms with Crippen LogP contribution in [0.15, 0.2) is 30.3 Å². The lowest BCUT2D eigenvalue weighted by molar-refractivity contribution is -0.126. The molecule has 1 unspecified atom stereocenters. The number of urea groups is 1. The fraction of sp³-hybridized carbons (Fsp3) is 0.474. The van der Waals surface area contributed by atoms with Gasteiger partial charge in [0.2, 0.25) is 5.91 Å². The molecule has 1 atom stereocenters. The van der Waals surface area contributed by atoms with Crippen molar-refractivity contribution in [1.82, 2.24) is 25.0 Å². The highest BCUT2D eigenvalue weighted by Gasteiger charge is 2.30. The molecule has 1 aliphatic heterocycles. The van der Waals surface area contributed by atoms with Gasteiger partial charge in [0.15, 0.2) is 10.6 Å². The second-order valence-electron chi connectivity index (χ2n) is 7.35. The summed E-state index contributed by atoms with van der Waals surface area (Å²) in [6, 6.07) is 9.58. The number of nitrogens with zero attached hydrogens (tertiary/aromatic N) is 3. The van der Waals surface area contributed by atoms with E-state index in [1.807, 2.05) is 34.9 Å². The molecule has 2 aliphatic rings. The first-order chi connectivity index (χ1) is 13.6. The Morgan fingerprint density at radius 1 is 1.21 bits per heavy atom. The fourth-order valence-electron chi connectivity index (χ4n) is 3.58. The van der Waals surface area contributed by atoms with E-state index in [4.69, 9.17) is 12.2 Å². The van der Waals surface area contributed by atoms with Gasteiger partial charge >= 0.3 is 6.03 Å². The third kappa shape index (κ3) is 4.24. The Morgan fingerprint density at radius 2 is 2.00 bits per heavy atom. The molecular formula is C19H24N6O2S. The number of amides is 3. The van der Waals surface area contributed by atoms with Gasteiger partial charge < -0.3 is 15.5 Å². The molecule has 2 heterocycles. The molecule has 9 heteroatoms. The van der Waals surface area contributed by atoms with Gasteiger partial charge in [-0.3, -0.25) is 14.5 Å². The minimum absolute atomic E-state index is 0.0477. The lowest BCUT2D eigenvalue weighted by atomic mass is 9.97. The number of para-hydroxylation sites is 1. The molecule has 28 heavy (non-hydrogen) atoms. The van der Waals surface area contributed by atoms with Gasteiger partial charge in [-0.25, -0.2) is 4.79 Å². The quantitative estimate of drug-likeness (QED) is 0.673. The largest absolute Gasteiger partial charge is 0.348 e. The van der Waals surface area contributed by atoms with Crippen LogP contribution in [0.4, 0.5) is 10.5 Å². The number of anilines is 1. The number of aromatic amines is 1. The molecule has 2 aromatic rings. The molecule has 1 saturated carbocycles. The van der Waals surface area contributed by atoms with E-state index in [0.717, 1.165) is 37.2 Å². The van der Waals surface area contributed by atoms with E-state index in [1.54, 1.807) is 4.90 Å². The van der Waals surface area contributed by atoms with Crippen LogP contribution in [0.1, 0.15) is 37.5 Å². The highest BCUT2D eigenvalue weighted by Crippen LogP contribution is 2.35. The van der Waals surface area contributed by atoms with Crippen LogP contribution >= 0.6 is 12.2 Å². The van der Waals surface area contributed by atoms with Crippen molar-refractivity contribution >= 4 is 29.8 Å². The van der Waals surface area contributed by atoms with Gasteiger partial charge in [0.1, 0.15) is 0 Å². The lowest BCUT2D eigenvalue weighted by Crippen LogP contribution is -2.46. The number of benzene rings is 1. The Kier molecular flexibility index (Phi) is 5.43. The van der Waals surface area contributed by atoms with Crippen LogP contribution in [-0.2, 0) is 11.3 Å². The van der Waals surface area contributed by atoms with Gasteiger partial charge in [0, 0.05) is 24.8 Å². The summed E-state index contributed by atoms with van der Waals surface area (Å²) in [6.45, 7) is 1.41. The highest BCUT2D eigenvalue weighted by atomic mass is 32.1. The normalized spacial score (nSPS) is 19.3. The molecule has 0 spiro atoms. The molecule has 148 valence electrons. The van der Waals surface area contributed by atoms with Crippen molar-refractivity contribution in [2.45, 2.75) is 38.3 Å². The van der Waals surface area contributed by atoms with Crippen molar-refractivity contribution in [2.75, 3.05) is 18.4 Å². The molecule has 0 bridgehead atoms. The molecule has 3 N–H and O–H groups in total. The monoisotopic (exact) mass is 400 g/mol. The van der Waals surface area contributed by atoms with E-state index >= 15 is 0 Å². The van der Waals surface area contributed by atoms with Gasteiger partial charge in [-0.15, -0.1) is 0 Å². The summed E-state index contributed by atoms with van der Waals surface area (Å²) < 4.78 is 2.60. The molecule has 3 amide bonds. The molecule has 1 saturated heterocycles. The Morgan fingerprint density at radius 3 is 2.75 bits per heavy atom. The number of hydrogen-bond acceptors (Lipinski definition) is 4. The number of aromatic nitrogens is 3. The Bertz CT molecular complexity index is 905. The summed E-state index contributed by atoms with van der Waals surface area (Å²) in [6.07, 6.45) is 3.78. The molecule has 4 rings (SSSR count). The predicted molar refractivity (Wildman–Crippen MR) is 107 cm³/mol. The van der Waals surface area contributed by atoms with Gasteiger partial charge in [-0.05, 0) is 50.0 Å². The molecule has 2 fully saturated rings. The van der Waals surface area contributed by atoms with Gasteiger partial charge in [-0.1, -0.05) is 18.2 Å². The molecule has 0 radical (unpaired) electrons. The van der Waals surface area contributed by atoms with Crippen LogP contribution in [0.25, 0.3) is 0 Å². The van der Waals surface area contributed by atoms with E-state index in [-0.39, 0.29) is 17.9 Å². The van der Waals surface area contributed by atoms with Crippen LogP contribution in [0.5, 0.6) is 0 Å². The van der Waals surface area contributed by atoms with E-state index in [2.05, 4.69) is 20.8 Å². The van der Waals surface area contributed by atoms with Crippen molar-refractivity contribution in [3.05, 3.63) is 40.9 Å². The van der Waals surface area contributed by atoms with Crippen molar-refractivity contribution in [3.8, 4) is 0 Å². The average molecular weight is 401 g/mol. The third-order valence-corrected chi connectivity index (χ3v) is 5.50. The zero-order valence-corrected chi connectivity index (χ0v) is 16.4. The van der Waals surface area contributed by atoms with Crippen molar-refractivity contribution in [1.29, 1.82) is 0 Å². The van der Waals surface area contributed by atoms with Crippen LogP contribution < -0.4 is 10.6 Å². The zero-order valence-electron chi connectivity index (χ0n) is 15.6. The maximum atomic E-state index is 12.7. The number of rotatable bonds is 5. The number of H-pyrrole nitrogens is 1. The topological polar surface area (TPSA) is 95.1 Å². The Hall–Kier alpha value is -2.68. The summed E-state index contributed by atoms with van der Waals surface area (Å²) in [5, 5.41) is 12.9. The van der Waals surface area contributed by atoms with Crippen molar-refractivity contribution in [3.63, 3.8) is 0 Å². The average Bonchev–Trinajstić information content (AvgIpc) is 3.49. The summed E-state index contributed by atoms with van der Waals surface area (Å²) >= 11 is 5.27. The smallest absolute Gasteiger partial charge is 0.321 e. The summed E-state index contributed by atoms with van der Waals surface area (Å²) in [5.74, 6) is 0.496. The van der Waals surface area contributed by atoms with Crippen LogP contribution in [0.3, 0.4) is 0 Å². The number of carbonyl (C=O) groups is 2. The number of piperidine rings is 1. The number of likely N-dealkylation sites (tertiary alicyclic amines) is 1. The second kappa shape index (κ2) is 8.14. The second-order valence-corrected chi connectivity index (χ2v) is 7.73. The van der Waals surface area contributed by atoms with Gasteiger partial charge in [0.25, 0.3) is 0 Å². The Labute approximate surface area is 168 Å². The van der Waals surface area contributed by atoms with Gasteiger partial charge in [-0.2, -0.15) is 5.10 Å². The number of nitrogens with one attached hydrogen (secondary N) is 3. The molecule has 1 aliphatic carbocycles. The van der Waals surface area contributed by atoms with Crippen LogP contribution in [-0.4, -0.2) is 44.7 Å². The van der Waals surface area contributed by atoms with Gasteiger partial charge in [0.05, 0.1) is 12.5 Å². The first-order valence-electron chi connectivity index (χ1n) is 9.66. The van der Waals surface area contributed by atoms with Crippen molar-refractivity contribution < 1.29 is 9.59 Å². The maximum Gasteiger partial charge on any atom is 0.321 e. The first-order valence-corrected chi connectivity index (χ1v) is 10.1. The van der Waals surface area contributed by atoms with E-state index in [1.165, 1.54) is 0 Å². The van der Waals surface area contributed by atoms with Crippen molar-refractivity contribution in [2.24, 2.45) is 5.92 Å². The predicted octanol–water partition coefficient (Wildman–Crippen LogP) is 2.84. The lowest BCUT2D eigenvalue weighted by Gasteiger charge is -2.32. The highest BCUT2D eigenvalue weighted by molar-refractivity contribution is 7.71. The fourth-order valence-corrected chi connectivity index (χ4v) is 3.88. The Balaban J connectivity index is 1.32. The zero-order chi connectivity index (χ0) is 19.5. The van der Waals surface area contributed by atoms with E-state index in [9.17, 15) is 9.59 Å². The van der Waals surface area contributed by atoms with Crippen LogP contribution in [0, 0.1) is 10.7 Å². The summed E-state index contributed by atoms with van der Waals surface area (Å²) in [5.41, 5.74) is 0.752. The first kappa shape index (κ1) is 18.7. The third-order valence-electron chi connectivity index (χ3n) is 5.21. The summed E-state index contributed by atoms with van der Waals surface area (Å²) in [7, 11) is 0. The molecule has 1 aromatic heterocycles. The standard InChI is InChI=1S/C19H24N6O2S/c26-17(20-11-16-22-23-19(28)25(16)15-8-9-15)13-5-4-10-24(12-13)18(27)21-14-6-2-1-3-7-14/h1-3,6-7,13,15H,4-5,8-12H2,(H,20,26)(H,21,27)(H,23,28). The SMILES string of the molecule is O=C(NCc1n[nH]c(=S)n1C1CC1)C1CCCN(C(=O)Nc2ccccc2)C1. The van der Waals surface area contributed by atoms with E-state index in [0.29, 0.717) is 30.4 Å². The maximum absolute atomic E-state index is 12.7. The number of hydrogen-bond donors (Lipinski definition) is 3. The molecular weight excluding hydrogens is 376 g/mol. The van der Waals surface area contributed by atoms with Crippen LogP contribution in [0.2, 0.25) is 0 Å². The molecule has 1 aromatic carbocycles. The molecule has 8 nitrogen and oxygen atoms in total.